The van der Waals surface area contributed by atoms with Crippen LogP contribution in [0.4, 0.5) is 0 Å². The van der Waals surface area contributed by atoms with E-state index in [-0.39, 0.29) is 18.2 Å². The fourth-order valence-corrected chi connectivity index (χ4v) is 2.17. The van der Waals surface area contributed by atoms with Gasteiger partial charge in [-0.15, -0.1) is 0 Å². The highest BCUT2D eigenvalue weighted by molar-refractivity contribution is 5.29. The molecular weight excluding hydrogens is 250 g/mol. The van der Waals surface area contributed by atoms with Crippen LogP contribution in [0.2, 0.25) is 0 Å². The number of hydrogen-bond acceptors (Lipinski definition) is 3. The van der Waals surface area contributed by atoms with E-state index in [0.29, 0.717) is 0 Å². The maximum Gasteiger partial charge on any atom is 0.119 e. The van der Waals surface area contributed by atoms with E-state index in [2.05, 4.69) is 41.5 Å². The Kier molecular flexibility index (Phi) is 4.79. The second-order valence-electron chi connectivity index (χ2n) is 5.38. The summed E-state index contributed by atoms with van der Waals surface area (Å²) in [5.74, 6) is 0.916. The number of nitrogens with zero attached hydrogens (tertiary/aromatic N) is 1. The SMILES string of the molecule is CC(C)Oc1ccc(C(C)NC(C)c2cn[nH]c2)cc1. The highest BCUT2D eigenvalue weighted by Crippen LogP contribution is 2.21. The van der Waals surface area contributed by atoms with Crippen LogP contribution in [0.5, 0.6) is 5.75 Å². The van der Waals surface area contributed by atoms with Crippen molar-refractivity contribution in [3.8, 4) is 5.75 Å². The second kappa shape index (κ2) is 6.57. The smallest absolute Gasteiger partial charge is 0.119 e. The van der Waals surface area contributed by atoms with E-state index in [1.807, 2.05) is 38.4 Å². The number of ether oxygens (including phenoxy) is 1. The van der Waals surface area contributed by atoms with Gasteiger partial charge in [-0.1, -0.05) is 12.1 Å². The molecule has 0 radical (unpaired) electrons. The van der Waals surface area contributed by atoms with E-state index < -0.39 is 0 Å². The first-order valence-electron chi connectivity index (χ1n) is 7.07. The maximum absolute atomic E-state index is 5.66. The van der Waals surface area contributed by atoms with E-state index in [4.69, 9.17) is 4.74 Å². The Morgan fingerprint density at radius 3 is 2.20 bits per heavy atom. The summed E-state index contributed by atoms with van der Waals surface area (Å²) in [4.78, 5) is 0. The van der Waals surface area contributed by atoms with Gasteiger partial charge in [0.25, 0.3) is 0 Å². The predicted octanol–water partition coefficient (Wildman–Crippen LogP) is 3.61. The van der Waals surface area contributed by atoms with Gasteiger partial charge in [0.15, 0.2) is 0 Å². The van der Waals surface area contributed by atoms with Crippen molar-refractivity contribution < 1.29 is 4.74 Å². The van der Waals surface area contributed by atoms with Crippen LogP contribution in [0.1, 0.15) is 50.9 Å². The van der Waals surface area contributed by atoms with Crippen molar-refractivity contribution >= 4 is 0 Å². The monoisotopic (exact) mass is 273 g/mol. The molecule has 0 aliphatic rings. The molecule has 4 nitrogen and oxygen atoms in total. The molecule has 1 aromatic carbocycles. The Balaban J connectivity index is 1.97. The molecule has 0 saturated carbocycles. The van der Waals surface area contributed by atoms with Crippen LogP contribution in [0.3, 0.4) is 0 Å². The third-order valence-corrected chi connectivity index (χ3v) is 3.27. The molecule has 2 aromatic rings. The van der Waals surface area contributed by atoms with Gasteiger partial charge in [0.2, 0.25) is 0 Å². The molecular formula is C16H23N3O. The molecule has 1 heterocycles. The highest BCUT2D eigenvalue weighted by Gasteiger charge is 2.12. The van der Waals surface area contributed by atoms with E-state index in [1.165, 1.54) is 5.56 Å². The van der Waals surface area contributed by atoms with Crippen LogP contribution in [0.15, 0.2) is 36.7 Å². The summed E-state index contributed by atoms with van der Waals surface area (Å²) < 4.78 is 5.66. The molecule has 0 aliphatic carbocycles. The molecule has 4 heteroatoms. The molecule has 20 heavy (non-hydrogen) atoms. The zero-order chi connectivity index (χ0) is 14.5. The van der Waals surface area contributed by atoms with Gasteiger partial charge in [-0.2, -0.15) is 5.10 Å². The molecule has 2 atom stereocenters. The van der Waals surface area contributed by atoms with Crippen molar-refractivity contribution in [2.75, 3.05) is 0 Å². The second-order valence-corrected chi connectivity index (χ2v) is 5.38. The molecule has 0 bridgehead atoms. The normalized spacial score (nSPS) is 14.2. The fraction of sp³-hybridized carbons (Fsp3) is 0.438. The van der Waals surface area contributed by atoms with Crippen molar-refractivity contribution in [3.05, 3.63) is 47.8 Å². The van der Waals surface area contributed by atoms with Crippen molar-refractivity contribution in [2.24, 2.45) is 0 Å². The van der Waals surface area contributed by atoms with Crippen molar-refractivity contribution in [1.82, 2.24) is 15.5 Å². The molecule has 2 N–H and O–H groups in total. The van der Waals surface area contributed by atoms with E-state index in [0.717, 1.165) is 11.3 Å². The Labute approximate surface area is 120 Å². The summed E-state index contributed by atoms with van der Waals surface area (Å²) in [6, 6.07) is 8.80. The Morgan fingerprint density at radius 1 is 1.00 bits per heavy atom. The molecule has 0 saturated heterocycles. The summed E-state index contributed by atoms with van der Waals surface area (Å²) in [5.41, 5.74) is 2.41. The van der Waals surface area contributed by atoms with Gasteiger partial charge < -0.3 is 10.1 Å². The molecule has 108 valence electrons. The zero-order valence-corrected chi connectivity index (χ0v) is 12.6. The summed E-state index contributed by atoms with van der Waals surface area (Å²) >= 11 is 0. The van der Waals surface area contributed by atoms with E-state index in [9.17, 15) is 0 Å². The lowest BCUT2D eigenvalue weighted by atomic mass is 10.1. The average molecular weight is 273 g/mol. The number of aromatic amines is 1. The summed E-state index contributed by atoms with van der Waals surface area (Å²) in [7, 11) is 0. The fourth-order valence-electron chi connectivity index (χ4n) is 2.17. The van der Waals surface area contributed by atoms with Gasteiger partial charge in [-0.25, -0.2) is 0 Å². The molecule has 0 aliphatic heterocycles. The highest BCUT2D eigenvalue weighted by atomic mass is 16.5. The van der Waals surface area contributed by atoms with Crippen LogP contribution >= 0.6 is 0 Å². The molecule has 0 amide bonds. The molecule has 2 rings (SSSR count). The first-order chi connectivity index (χ1) is 9.56. The summed E-state index contributed by atoms with van der Waals surface area (Å²) in [6.07, 6.45) is 3.98. The molecule has 0 fully saturated rings. The van der Waals surface area contributed by atoms with Crippen molar-refractivity contribution in [1.29, 1.82) is 0 Å². The lowest BCUT2D eigenvalue weighted by Gasteiger charge is -2.20. The Hall–Kier alpha value is -1.81. The zero-order valence-electron chi connectivity index (χ0n) is 12.6. The van der Waals surface area contributed by atoms with Crippen molar-refractivity contribution in [2.45, 2.75) is 45.9 Å². The average Bonchev–Trinajstić information content (AvgIpc) is 2.92. The minimum absolute atomic E-state index is 0.206. The van der Waals surface area contributed by atoms with Gasteiger partial charge in [0.1, 0.15) is 5.75 Å². The van der Waals surface area contributed by atoms with Gasteiger partial charge >= 0.3 is 0 Å². The van der Waals surface area contributed by atoms with E-state index >= 15 is 0 Å². The largest absolute Gasteiger partial charge is 0.491 e. The Bertz CT molecular complexity index is 505. The third-order valence-electron chi connectivity index (χ3n) is 3.27. The summed E-state index contributed by atoms with van der Waals surface area (Å²) in [5, 5.41) is 10.4. The number of benzene rings is 1. The van der Waals surface area contributed by atoms with Gasteiger partial charge in [-0.05, 0) is 45.4 Å². The number of hydrogen-bond donors (Lipinski definition) is 2. The van der Waals surface area contributed by atoms with Gasteiger partial charge in [0.05, 0.1) is 12.3 Å². The first-order valence-corrected chi connectivity index (χ1v) is 7.07. The van der Waals surface area contributed by atoms with Gasteiger partial charge in [-0.3, -0.25) is 5.10 Å². The minimum Gasteiger partial charge on any atom is -0.491 e. The maximum atomic E-state index is 5.66. The topological polar surface area (TPSA) is 49.9 Å². The van der Waals surface area contributed by atoms with Crippen LogP contribution in [-0.4, -0.2) is 16.3 Å². The van der Waals surface area contributed by atoms with Crippen LogP contribution in [-0.2, 0) is 0 Å². The number of rotatable bonds is 6. The lowest BCUT2D eigenvalue weighted by molar-refractivity contribution is 0.242. The van der Waals surface area contributed by atoms with E-state index in [1.54, 1.807) is 0 Å². The quantitative estimate of drug-likeness (QED) is 0.845. The number of nitrogens with one attached hydrogen (secondary N) is 2. The Morgan fingerprint density at radius 2 is 1.65 bits per heavy atom. The third kappa shape index (κ3) is 3.84. The lowest BCUT2D eigenvalue weighted by Crippen LogP contribution is -2.22. The minimum atomic E-state index is 0.206. The van der Waals surface area contributed by atoms with Gasteiger partial charge in [0, 0.05) is 23.8 Å². The predicted molar refractivity (Wildman–Crippen MR) is 80.8 cm³/mol. The van der Waals surface area contributed by atoms with Crippen molar-refractivity contribution in [3.63, 3.8) is 0 Å². The molecule has 2 unspecified atom stereocenters. The molecule has 1 aromatic heterocycles. The van der Waals surface area contributed by atoms with Crippen LogP contribution in [0, 0.1) is 0 Å². The number of H-pyrrole nitrogens is 1. The summed E-state index contributed by atoms with van der Waals surface area (Å²) in [6.45, 7) is 8.36. The standard InChI is InChI=1S/C16H23N3O/c1-11(2)20-16-7-5-14(6-8-16)12(3)19-13(4)15-9-17-18-10-15/h5-13,19H,1-4H3,(H,17,18). The van der Waals surface area contributed by atoms with Crippen LogP contribution in [0.25, 0.3) is 0 Å². The number of aromatic nitrogens is 2. The van der Waals surface area contributed by atoms with Crippen LogP contribution < -0.4 is 10.1 Å². The first kappa shape index (κ1) is 14.6. The molecule has 0 spiro atoms.